The second-order valence-corrected chi connectivity index (χ2v) is 10.2. The van der Waals surface area contributed by atoms with Gasteiger partial charge in [0.25, 0.3) is 0 Å². The molecule has 1 aliphatic heterocycles. The first-order valence-corrected chi connectivity index (χ1v) is 14.5. The van der Waals surface area contributed by atoms with Crippen LogP contribution in [0.1, 0.15) is 12.5 Å². The number of amides is 1. The molecule has 0 aliphatic carbocycles. The van der Waals surface area contributed by atoms with E-state index >= 15 is 0 Å². The number of nitrogens with zero attached hydrogens (tertiary/aromatic N) is 2. The average Bonchev–Trinajstić information content (AvgIpc) is 2.94. The summed E-state index contributed by atoms with van der Waals surface area (Å²) in [7, 11) is 0. The fourth-order valence-electron chi connectivity index (χ4n) is 5.19. The van der Waals surface area contributed by atoms with Gasteiger partial charge in [0, 0.05) is 72.0 Å². The number of hydrogen-bond acceptors (Lipinski definition) is 8. The molecule has 1 saturated heterocycles. The molecule has 4 N–H and O–H groups in total. The fourth-order valence-corrected chi connectivity index (χ4v) is 5.19. The molecule has 1 fully saturated rings. The van der Waals surface area contributed by atoms with Crippen LogP contribution in [-0.2, 0) is 20.9 Å². The highest BCUT2D eigenvalue weighted by Gasteiger charge is 2.17. The minimum absolute atomic E-state index is 0.000422. The number of esters is 1. The van der Waals surface area contributed by atoms with Crippen LogP contribution in [0, 0.1) is 0 Å². The van der Waals surface area contributed by atoms with Crippen molar-refractivity contribution in [1.29, 1.82) is 0 Å². The van der Waals surface area contributed by atoms with Crippen molar-refractivity contribution in [3.8, 4) is 0 Å². The molecule has 1 aliphatic rings. The van der Waals surface area contributed by atoms with Gasteiger partial charge in [-0.15, -0.1) is 0 Å². The van der Waals surface area contributed by atoms with Crippen molar-refractivity contribution in [2.24, 2.45) is 0 Å². The van der Waals surface area contributed by atoms with E-state index < -0.39 is 0 Å². The minimum Gasteiger partial charge on any atom is -0.465 e. The molecule has 216 valence electrons. The van der Waals surface area contributed by atoms with Crippen molar-refractivity contribution in [3.63, 3.8) is 0 Å². The molecule has 3 aromatic rings. The Labute approximate surface area is 237 Å². The van der Waals surface area contributed by atoms with Crippen molar-refractivity contribution in [2.45, 2.75) is 13.5 Å². The van der Waals surface area contributed by atoms with Gasteiger partial charge < -0.3 is 26.0 Å². The van der Waals surface area contributed by atoms with Crippen molar-refractivity contribution in [3.05, 3.63) is 60.2 Å². The molecule has 3 aromatic carbocycles. The third kappa shape index (κ3) is 9.25. The van der Waals surface area contributed by atoms with Crippen LogP contribution in [0.25, 0.3) is 21.5 Å². The molecule has 0 bridgehead atoms. The summed E-state index contributed by atoms with van der Waals surface area (Å²) in [6.07, 6.45) is 0. The topological polar surface area (TPSA) is 98.0 Å². The predicted molar refractivity (Wildman–Crippen MR) is 161 cm³/mol. The molecular formula is C31H44N6O3. The molecule has 0 saturated carbocycles. The van der Waals surface area contributed by atoms with Gasteiger partial charge in [0.15, 0.2) is 0 Å². The summed E-state index contributed by atoms with van der Waals surface area (Å²) in [5.41, 5.74) is 1.18. The Hall–Kier alpha value is -3.08. The minimum atomic E-state index is -0.257. The van der Waals surface area contributed by atoms with Crippen LogP contribution in [0.5, 0.6) is 0 Å². The number of carbonyl (C=O) groups is 2. The van der Waals surface area contributed by atoms with E-state index in [1.54, 1.807) is 0 Å². The van der Waals surface area contributed by atoms with Crippen LogP contribution in [-0.4, -0.2) is 107 Å². The fraction of sp³-hybridized carbons (Fsp3) is 0.484. The highest BCUT2D eigenvalue weighted by Crippen LogP contribution is 2.29. The second-order valence-electron chi connectivity index (χ2n) is 10.2. The highest BCUT2D eigenvalue weighted by molar-refractivity contribution is 6.02. The largest absolute Gasteiger partial charge is 0.465 e. The maximum atomic E-state index is 12.9. The van der Waals surface area contributed by atoms with Gasteiger partial charge in [-0.25, -0.2) is 0 Å². The van der Waals surface area contributed by atoms with Crippen LogP contribution in [0.2, 0.25) is 0 Å². The first kappa shape index (κ1) is 29.9. The standard InChI is InChI=1S/C31H44N6O3/c1-2-40-31(39)24-37(22-29-27-9-5-3-7-25(27)21-26-8-4-6-10-28(26)29)20-17-35-30(38)23-36-18-15-33-13-11-32-12-14-34-16-19-36/h3-10,21,32-34H,2,11-20,22-24H2,1H3,(H,35,38). The maximum absolute atomic E-state index is 12.9. The summed E-state index contributed by atoms with van der Waals surface area (Å²) >= 11 is 0. The molecule has 0 radical (unpaired) electrons. The van der Waals surface area contributed by atoms with Gasteiger partial charge in [-0.3, -0.25) is 19.4 Å². The Balaban J connectivity index is 1.40. The molecule has 4 rings (SSSR count). The number of nitrogens with one attached hydrogen (secondary N) is 4. The molecular weight excluding hydrogens is 504 g/mol. The van der Waals surface area contributed by atoms with Crippen LogP contribution in [0.15, 0.2) is 54.6 Å². The van der Waals surface area contributed by atoms with Gasteiger partial charge in [0.1, 0.15) is 0 Å². The van der Waals surface area contributed by atoms with Crippen LogP contribution < -0.4 is 21.3 Å². The first-order valence-electron chi connectivity index (χ1n) is 14.5. The van der Waals surface area contributed by atoms with E-state index in [2.05, 4.69) is 85.7 Å². The molecule has 9 heteroatoms. The zero-order valence-electron chi connectivity index (χ0n) is 23.7. The summed E-state index contributed by atoms with van der Waals surface area (Å²) in [6.45, 7) is 11.3. The SMILES string of the molecule is CCOC(=O)CN(CCNC(=O)CN1CCNCCNCCNCC1)Cc1c2ccccc2cc2ccccc12. The average molecular weight is 549 g/mol. The van der Waals surface area contributed by atoms with Gasteiger partial charge in [0.05, 0.1) is 19.7 Å². The molecule has 40 heavy (non-hydrogen) atoms. The molecule has 9 nitrogen and oxygen atoms in total. The summed E-state index contributed by atoms with van der Waals surface area (Å²) in [5.74, 6) is -0.256. The number of hydrogen-bond donors (Lipinski definition) is 4. The zero-order chi connectivity index (χ0) is 28.0. The smallest absolute Gasteiger partial charge is 0.320 e. The van der Waals surface area contributed by atoms with Crippen molar-refractivity contribution in [1.82, 2.24) is 31.1 Å². The lowest BCUT2D eigenvalue weighted by Gasteiger charge is -2.25. The lowest BCUT2D eigenvalue weighted by atomic mass is 9.96. The predicted octanol–water partition coefficient (Wildman–Crippen LogP) is 1.56. The third-order valence-electron chi connectivity index (χ3n) is 7.21. The third-order valence-corrected chi connectivity index (χ3v) is 7.21. The number of rotatable bonds is 10. The first-order chi connectivity index (χ1) is 19.6. The van der Waals surface area contributed by atoms with Gasteiger partial charge >= 0.3 is 5.97 Å². The van der Waals surface area contributed by atoms with E-state index in [9.17, 15) is 9.59 Å². The highest BCUT2D eigenvalue weighted by atomic mass is 16.5. The Morgan fingerprint density at radius 3 is 2.05 bits per heavy atom. The molecule has 0 unspecified atom stereocenters. The van der Waals surface area contributed by atoms with Gasteiger partial charge in [-0.05, 0) is 40.1 Å². The quantitative estimate of drug-likeness (QED) is 0.224. The van der Waals surface area contributed by atoms with Crippen molar-refractivity contribution < 1.29 is 14.3 Å². The summed E-state index contributed by atoms with van der Waals surface area (Å²) < 4.78 is 5.28. The molecule has 0 aromatic heterocycles. The van der Waals surface area contributed by atoms with E-state index in [1.807, 2.05) is 6.92 Å². The van der Waals surface area contributed by atoms with Gasteiger partial charge in [-0.2, -0.15) is 0 Å². The van der Waals surface area contributed by atoms with E-state index in [1.165, 1.54) is 27.1 Å². The number of carbonyl (C=O) groups excluding carboxylic acids is 2. The van der Waals surface area contributed by atoms with Crippen molar-refractivity contribution in [2.75, 3.05) is 85.1 Å². The Morgan fingerprint density at radius 1 is 0.875 bits per heavy atom. The Morgan fingerprint density at radius 2 is 1.45 bits per heavy atom. The lowest BCUT2D eigenvalue weighted by molar-refractivity contribution is -0.144. The second kappa shape index (κ2) is 16.2. The number of benzene rings is 3. The molecule has 0 atom stereocenters. The van der Waals surface area contributed by atoms with Crippen LogP contribution >= 0.6 is 0 Å². The number of fused-ring (bicyclic) bond motifs is 2. The molecule has 0 spiro atoms. The van der Waals surface area contributed by atoms with Crippen molar-refractivity contribution >= 4 is 33.4 Å². The summed E-state index contributed by atoms with van der Waals surface area (Å²) in [6, 6.07) is 18.9. The van der Waals surface area contributed by atoms with Crippen LogP contribution in [0.4, 0.5) is 0 Å². The van der Waals surface area contributed by atoms with E-state index in [0.717, 1.165) is 52.4 Å². The normalized spacial score (nSPS) is 15.9. The summed E-state index contributed by atoms with van der Waals surface area (Å²) in [4.78, 5) is 29.7. The summed E-state index contributed by atoms with van der Waals surface area (Å²) in [5, 5.41) is 18.0. The van der Waals surface area contributed by atoms with Gasteiger partial charge in [-0.1, -0.05) is 48.5 Å². The van der Waals surface area contributed by atoms with E-state index in [0.29, 0.717) is 32.8 Å². The Bertz CT molecular complexity index is 1170. The zero-order valence-corrected chi connectivity index (χ0v) is 23.7. The van der Waals surface area contributed by atoms with Crippen LogP contribution in [0.3, 0.4) is 0 Å². The molecule has 1 amide bonds. The maximum Gasteiger partial charge on any atom is 0.320 e. The molecule has 1 heterocycles. The number of ether oxygens (including phenoxy) is 1. The Kier molecular flexibility index (Phi) is 12.1. The van der Waals surface area contributed by atoms with E-state index in [4.69, 9.17) is 4.74 Å². The van der Waals surface area contributed by atoms with Gasteiger partial charge in [0.2, 0.25) is 5.91 Å². The monoisotopic (exact) mass is 548 g/mol. The lowest BCUT2D eigenvalue weighted by Crippen LogP contribution is -2.46. The van der Waals surface area contributed by atoms with E-state index in [-0.39, 0.29) is 18.4 Å².